The summed E-state index contributed by atoms with van der Waals surface area (Å²) in [5.41, 5.74) is 6.41. The van der Waals surface area contributed by atoms with E-state index in [9.17, 15) is 4.79 Å². The van der Waals surface area contributed by atoms with Crippen molar-refractivity contribution in [3.63, 3.8) is 0 Å². The summed E-state index contributed by atoms with van der Waals surface area (Å²) in [7, 11) is 0. The summed E-state index contributed by atoms with van der Waals surface area (Å²) in [6.45, 7) is 0.752. The predicted octanol–water partition coefficient (Wildman–Crippen LogP) is 3.79. The van der Waals surface area contributed by atoms with Crippen molar-refractivity contribution in [1.82, 2.24) is 15.0 Å². The number of imidazole rings is 1. The second-order valence-corrected chi connectivity index (χ2v) is 6.40. The highest BCUT2D eigenvalue weighted by Crippen LogP contribution is 2.20. The monoisotopic (exact) mass is 357 g/mol. The van der Waals surface area contributed by atoms with Gasteiger partial charge in [0.2, 0.25) is 0 Å². The molecule has 0 radical (unpaired) electrons. The number of carbonyl (C=O) groups excluding carboxylic acids is 1. The van der Waals surface area contributed by atoms with E-state index >= 15 is 0 Å². The summed E-state index contributed by atoms with van der Waals surface area (Å²) in [5, 5.41) is 8.74. The Morgan fingerprint density at radius 2 is 1.59 bits per heavy atom. The molecule has 0 saturated heterocycles. The lowest BCUT2D eigenvalue weighted by molar-refractivity contribution is 0.0706. The Morgan fingerprint density at radius 1 is 0.889 bits per heavy atom. The summed E-state index contributed by atoms with van der Waals surface area (Å²) in [6, 6.07) is 25.6. The van der Waals surface area contributed by atoms with Crippen LogP contribution >= 0.6 is 0 Å². The van der Waals surface area contributed by atoms with Gasteiger partial charge in [0.1, 0.15) is 5.82 Å². The van der Waals surface area contributed by atoms with E-state index in [2.05, 4.69) is 22.8 Å². The molecule has 27 heavy (non-hydrogen) atoms. The molecule has 4 rings (SSSR count). The standard InChI is InChI=1S/C22H19N3O2/c26-22(24-27)18-12-10-16(11-13-18)14-21-23-19-8-4-5-9-20(19)25(21)15-17-6-2-1-3-7-17/h1-13,27H,14-15H2,(H,24,26). The van der Waals surface area contributed by atoms with E-state index in [0.717, 1.165) is 29.0 Å². The molecule has 0 spiro atoms. The maximum Gasteiger partial charge on any atom is 0.274 e. The van der Waals surface area contributed by atoms with Crippen molar-refractivity contribution in [2.24, 2.45) is 0 Å². The number of nitrogens with zero attached hydrogens (tertiary/aromatic N) is 2. The molecule has 134 valence electrons. The van der Waals surface area contributed by atoms with Gasteiger partial charge in [0, 0.05) is 18.5 Å². The van der Waals surface area contributed by atoms with Gasteiger partial charge in [-0.2, -0.15) is 0 Å². The van der Waals surface area contributed by atoms with Gasteiger partial charge in [-0.3, -0.25) is 10.0 Å². The number of fused-ring (bicyclic) bond motifs is 1. The molecule has 0 fully saturated rings. The largest absolute Gasteiger partial charge is 0.323 e. The number of nitrogens with one attached hydrogen (secondary N) is 1. The number of hydroxylamine groups is 1. The summed E-state index contributed by atoms with van der Waals surface area (Å²) in [5.74, 6) is 0.456. The van der Waals surface area contributed by atoms with Crippen LogP contribution in [0, 0.1) is 0 Å². The van der Waals surface area contributed by atoms with Crippen LogP contribution in [-0.4, -0.2) is 20.7 Å². The topological polar surface area (TPSA) is 67.2 Å². The van der Waals surface area contributed by atoms with E-state index < -0.39 is 5.91 Å². The zero-order valence-corrected chi connectivity index (χ0v) is 14.7. The van der Waals surface area contributed by atoms with E-state index in [0.29, 0.717) is 12.0 Å². The van der Waals surface area contributed by atoms with Crippen molar-refractivity contribution in [1.29, 1.82) is 0 Å². The second kappa shape index (κ2) is 7.43. The molecule has 1 amide bonds. The smallest absolute Gasteiger partial charge is 0.274 e. The molecule has 1 aromatic heterocycles. The van der Waals surface area contributed by atoms with Crippen LogP contribution in [0.25, 0.3) is 11.0 Å². The molecule has 5 nitrogen and oxygen atoms in total. The summed E-state index contributed by atoms with van der Waals surface area (Å²) >= 11 is 0. The van der Waals surface area contributed by atoms with Crippen LogP contribution < -0.4 is 5.48 Å². The number of benzene rings is 3. The second-order valence-electron chi connectivity index (χ2n) is 6.40. The maximum atomic E-state index is 11.5. The highest BCUT2D eigenvalue weighted by molar-refractivity contribution is 5.93. The normalized spacial score (nSPS) is 10.9. The number of amides is 1. The predicted molar refractivity (Wildman–Crippen MR) is 104 cm³/mol. The van der Waals surface area contributed by atoms with E-state index in [4.69, 9.17) is 10.2 Å². The van der Waals surface area contributed by atoms with Crippen LogP contribution in [0.15, 0.2) is 78.9 Å². The Morgan fingerprint density at radius 3 is 2.33 bits per heavy atom. The highest BCUT2D eigenvalue weighted by Gasteiger charge is 2.12. The molecular weight excluding hydrogens is 338 g/mol. The fraction of sp³-hybridized carbons (Fsp3) is 0.0909. The van der Waals surface area contributed by atoms with Gasteiger partial charge < -0.3 is 4.57 Å². The van der Waals surface area contributed by atoms with E-state index in [1.807, 2.05) is 48.5 Å². The van der Waals surface area contributed by atoms with Crippen molar-refractivity contribution in [3.8, 4) is 0 Å². The molecule has 0 atom stereocenters. The number of rotatable bonds is 5. The van der Waals surface area contributed by atoms with E-state index in [1.165, 1.54) is 5.56 Å². The van der Waals surface area contributed by atoms with Crippen molar-refractivity contribution in [2.75, 3.05) is 0 Å². The average molecular weight is 357 g/mol. The van der Waals surface area contributed by atoms with E-state index in [1.54, 1.807) is 17.6 Å². The molecule has 2 N–H and O–H groups in total. The molecule has 4 aromatic rings. The molecule has 3 aromatic carbocycles. The van der Waals surface area contributed by atoms with Crippen LogP contribution in [0.3, 0.4) is 0 Å². The van der Waals surface area contributed by atoms with E-state index in [-0.39, 0.29) is 0 Å². The van der Waals surface area contributed by atoms with Crippen LogP contribution in [0.4, 0.5) is 0 Å². The van der Waals surface area contributed by atoms with Gasteiger partial charge in [0.25, 0.3) is 5.91 Å². The minimum Gasteiger partial charge on any atom is -0.323 e. The third kappa shape index (κ3) is 3.59. The first kappa shape index (κ1) is 17.0. The minimum absolute atomic E-state index is 0.416. The Hall–Kier alpha value is -3.44. The number of hydrogen-bond donors (Lipinski definition) is 2. The Labute approximate surface area is 156 Å². The summed E-state index contributed by atoms with van der Waals surface area (Å²) in [6.07, 6.45) is 0.655. The summed E-state index contributed by atoms with van der Waals surface area (Å²) < 4.78 is 2.24. The third-order valence-corrected chi connectivity index (χ3v) is 4.60. The van der Waals surface area contributed by atoms with Crippen molar-refractivity contribution in [2.45, 2.75) is 13.0 Å². The first-order chi connectivity index (χ1) is 13.2. The minimum atomic E-state index is -0.516. The quantitative estimate of drug-likeness (QED) is 0.422. The first-order valence-electron chi connectivity index (χ1n) is 8.76. The fourth-order valence-corrected chi connectivity index (χ4v) is 3.22. The van der Waals surface area contributed by atoms with Gasteiger partial charge in [-0.05, 0) is 35.4 Å². The molecule has 1 heterocycles. The zero-order chi connectivity index (χ0) is 18.6. The molecule has 0 aliphatic heterocycles. The van der Waals surface area contributed by atoms with Gasteiger partial charge in [-0.1, -0.05) is 54.6 Å². The molecular formula is C22H19N3O2. The van der Waals surface area contributed by atoms with Crippen molar-refractivity contribution < 1.29 is 10.0 Å². The number of para-hydroxylation sites is 2. The maximum absolute atomic E-state index is 11.5. The molecule has 5 heteroatoms. The number of aromatic nitrogens is 2. The Kier molecular flexibility index (Phi) is 4.68. The lowest BCUT2D eigenvalue weighted by Gasteiger charge is -2.10. The van der Waals surface area contributed by atoms with Gasteiger partial charge in [-0.15, -0.1) is 0 Å². The third-order valence-electron chi connectivity index (χ3n) is 4.60. The lowest BCUT2D eigenvalue weighted by atomic mass is 10.1. The van der Waals surface area contributed by atoms with Crippen LogP contribution in [0.1, 0.15) is 27.3 Å². The summed E-state index contributed by atoms with van der Waals surface area (Å²) in [4.78, 5) is 16.3. The average Bonchev–Trinajstić information content (AvgIpc) is 3.06. The van der Waals surface area contributed by atoms with Crippen LogP contribution in [0.5, 0.6) is 0 Å². The molecule has 0 unspecified atom stereocenters. The molecule has 0 aliphatic carbocycles. The molecule has 0 aliphatic rings. The Balaban J connectivity index is 1.68. The molecule has 0 bridgehead atoms. The molecule has 0 saturated carbocycles. The zero-order valence-electron chi connectivity index (χ0n) is 14.7. The number of carbonyl (C=O) groups is 1. The van der Waals surface area contributed by atoms with Gasteiger partial charge in [-0.25, -0.2) is 10.5 Å². The van der Waals surface area contributed by atoms with Gasteiger partial charge in [0.15, 0.2) is 0 Å². The van der Waals surface area contributed by atoms with Crippen LogP contribution in [-0.2, 0) is 13.0 Å². The van der Waals surface area contributed by atoms with Crippen LogP contribution in [0.2, 0.25) is 0 Å². The Bertz CT molecular complexity index is 1070. The SMILES string of the molecule is O=C(NO)c1ccc(Cc2nc3ccccc3n2Cc2ccccc2)cc1. The lowest BCUT2D eigenvalue weighted by Crippen LogP contribution is -2.18. The fourth-order valence-electron chi connectivity index (χ4n) is 3.22. The van der Waals surface area contributed by atoms with Crippen molar-refractivity contribution >= 4 is 16.9 Å². The highest BCUT2D eigenvalue weighted by atomic mass is 16.5. The van der Waals surface area contributed by atoms with Gasteiger partial charge in [0.05, 0.1) is 11.0 Å². The number of hydrogen-bond acceptors (Lipinski definition) is 3. The first-order valence-corrected chi connectivity index (χ1v) is 8.76. The van der Waals surface area contributed by atoms with Crippen molar-refractivity contribution in [3.05, 3.63) is 101 Å². The van der Waals surface area contributed by atoms with Gasteiger partial charge >= 0.3 is 0 Å².